The molecule has 1 aliphatic heterocycles. The summed E-state index contributed by atoms with van der Waals surface area (Å²) >= 11 is 0. The molecule has 3 N–H and O–H groups in total. The Hall–Kier alpha value is -1.02. The molecule has 0 aromatic heterocycles. The Morgan fingerprint density at radius 1 is 1.22 bits per heavy atom. The number of guanidine groups is 1. The smallest absolute Gasteiger partial charge is 0.396 e. The third-order valence-electron chi connectivity index (χ3n) is 5.80. The number of aliphatic imine (C=N–C) groups is 1. The van der Waals surface area contributed by atoms with Crippen molar-refractivity contribution in [1.29, 1.82) is 0 Å². The maximum Gasteiger partial charge on any atom is 0.401 e. The predicted octanol–water partition coefficient (Wildman–Crippen LogP) is 2.76. The molecule has 1 saturated heterocycles. The molecule has 2 rings (SSSR count). The summed E-state index contributed by atoms with van der Waals surface area (Å²) in [5, 5.41) is 16.0. The first-order valence-corrected chi connectivity index (χ1v) is 10.3. The molecule has 27 heavy (non-hydrogen) atoms. The molecule has 1 saturated carbocycles. The SMILES string of the molecule is CCNC(=NCC1(CCO)CCCCC1)NCC1CCN(CC(F)(F)F)C1. The molecule has 0 aromatic carbocycles. The van der Waals surface area contributed by atoms with Gasteiger partial charge in [-0.2, -0.15) is 13.2 Å². The van der Waals surface area contributed by atoms with E-state index in [4.69, 9.17) is 4.99 Å². The third kappa shape index (κ3) is 7.86. The van der Waals surface area contributed by atoms with Crippen LogP contribution in [0.1, 0.15) is 51.9 Å². The van der Waals surface area contributed by atoms with Crippen LogP contribution in [0.2, 0.25) is 0 Å². The Kier molecular flexibility index (Phi) is 8.66. The second-order valence-electron chi connectivity index (χ2n) is 8.12. The van der Waals surface area contributed by atoms with E-state index in [0.717, 1.165) is 38.2 Å². The first kappa shape index (κ1) is 22.3. The number of rotatable bonds is 8. The zero-order chi connectivity index (χ0) is 19.8. The van der Waals surface area contributed by atoms with E-state index >= 15 is 0 Å². The largest absolute Gasteiger partial charge is 0.401 e. The van der Waals surface area contributed by atoms with Gasteiger partial charge in [0.1, 0.15) is 0 Å². The molecule has 0 spiro atoms. The van der Waals surface area contributed by atoms with Crippen molar-refractivity contribution in [2.24, 2.45) is 16.3 Å². The van der Waals surface area contributed by atoms with E-state index < -0.39 is 12.7 Å². The molecule has 5 nitrogen and oxygen atoms in total. The summed E-state index contributed by atoms with van der Waals surface area (Å²) < 4.78 is 37.6. The Morgan fingerprint density at radius 2 is 1.96 bits per heavy atom. The van der Waals surface area contributed by atoms with Crippen LogP contribution < -0.4 is 10.6 Å². The summed E-state index contributed by atoms with van der Waals surface area (Å²) in [5.41, 5.74) is 0.0895. The number of hydrogen-bond acceptors (Lipinski definition) is 3. The van der Waals surface area contributed by atoms with Crippen molar-refractivity contribution in [3.05, 3.63) is 0 Å². The van der Waals surface area contributed by atoms with Crippen molar-refractivity contribution >= 4 is 5.96 Å². The van der Waals surface area contributed by atoms with E-state index in [-0.39, 0.29) is 17.9 Å². The Bertz CT molecular complexity index is 459. The van der Waals surface area contributed by atoms with Crippen molar-refractivity contribution in [3.63, 3.8) is 0 Å². The first-order valence-electron chi connectivity index (χ1n) is 10.3. The lowest BCUT2D eigenvalue weighted by Crippen LogP contribution is -2.41. The number of halogens is 3. The Morgan fingerprint density at radius 3 is 2.59 bits per heavy atom. The fourth-order valence-electron chi connectivity index (χ4n) is 4.33. The molecule has 1 aliphatic carbocycles. The maximum atomic E-state index is 12.5. The van der Waals surface area contributed by atoms with E-state index in [0.29, 0.717) is 26.2 Å². The van der Waals surface area contributed by atoms with Crippen molar-refractivity contribution in [1.82, 2.24) is 15.5 Å². The number of hydrogen-bond donors (Lipinski definition) is 3. The summed E-state index contributed by atoms with van der Waals surface area (Å²) in [6.07, 6.45) is 3.27. The van der Waals surface area contributed by atoms with Gasteiger partial charge in [-0.3, -0.25) is 9.89 Å². The lowest BCUT2D eigenvalue weighted by molar-refractivity contribution is -0.143. The van der Waals surface area contributed by atoms with Crippen LogP contribution in [0.25, 0.3) is 0 Å². The van der Waals surface area contributed by atoms with Crippen molar-refractivity contribution in [2.45, 2.75) is 58.0 Å². The normalized spacial score (nSPS) is 24.2. The van der Waals surface area contributed by atoms with Gasteiger partial charge in [0.25, 0.3) is 0 Å². The lowest BCUT2D eigenvalue weighted by Gasteiger charge is -2.35. The van der Waals surface area contributed by atoms with E-state index in [9.17, 15) is 18.3 Å². The molecule has 0 radical (unpaired) electrons. The average Bonchev–Trinajstić information content (AvgIpc) is 3.04. The summed E-state index contributed by atoms with van der Waals surface area (Å²) in [6.45, 7) is 4.41. The molecule has 2 aliphatic rings. The van der Waals surface area contributed by atoms with Crippen LogP contribution in [0, 0.1) is 11.3 Å². The number of nitrogens with zero attached hydrogens (tertiary/aromatic N) is 2. The van der Waals surface area contributed by atoms with Gasteiger partial charge < -0.3 is 15.7 Å². The fraction of sp³-hybridized carbons (Fsp3) is 0.947. The molecular weight excluding hydrogens is 357 g/mol. The maximum absolute atomic E-state index is 12.5. The number of aliphatic hydroxyl groups is 1. The van der Waals surface area contributed by atoms with Gasteiger partial charge in [0.05, 0.1) is 6.54 Å². The van der Waals surface area contributed by atoms with Gasteiger partial charge in [0.2, 0.25) is 0 Å². The van der Waals surface area contributed by atoms with Crippen molar-refractivity contribution in [3.8, 4) is 0 Å². The van der Waals surface area contributed by atoms with Gasteiger partial charge in [-0.1, -0.05) is 19.3 Å². The highest BCUT2D eigenvalue weighted by Gasteiger charge is 2.34. The van der Waals surface area contributed by atoms with Crippen LogP contribution in [0.3, 0.4) is 0 Å². The molecule has 2 fully saturated rings. The van der Waals surface area contributed by atoms with Gasteiger partial charge in [0.15, 0.2) is 5.96 Å². The highest BCUT2D eigenvalue weighted by Crippen LogP contribution is 2.39. The van der Waals surface area contributed by atoms with Gasteiger partial charge in [0, 0.05) is 32.8 Å². The van der Waals surface area contributed by atoms with E-state index in [2.05, 4.69) is 10.6 Å². The zero-order valence-corrected chi connectivity index (χ0v) is 16.5. The molecule has 1 atom stereocenters. The summed E-state index contributed by atoms with van der Waals surface area (Å²) in [5.74, 6) is 0.937. The number of aliphatic hydroxyl groups excluding tert-OH is 1. The second kappa shape index (κ2) is 10.5. The third-order valence-corrected chi connectivity index (χ3v) is 5.80. The number of alkyl halides is 3. The average molecular weight is 393 g/mol. The van der Waals surface area contributed by atoms with Crippen LogP contribution in [0.4, 0.5) is 13.2 Å². The molecule has 158 valence electrons. The molecule has 1 unspecified atom stereocenters. The zero-order valence-electron chi connectivity index (χ0n) is 16.5. The van der Waals surface area contributed by atoms with Crippen molar-refractivity contribution < 1.29 is 18.3 Å². The van der Waals surface area contributed by atoms with Gasteiger partial charge in [-0.15, -0.1) is 0 Å². The molecule has 0 bridgehead atoms. The van der Waals surface area contributed by atoms with Gasteiger partial charge in [-0.25, -0.2) is 0 Å². The molecule has 0 amide bonds. The van der Waals surface area contributed by atoms with E-state index in [1.165, 1.54) is 24.2 Å². The Labute approximate surface area is 160 Å². The topological polar surface area (TPSA) is 59.9 Å². The van der Waals surface area contributed by atoms with Crippen LogP contribution in [-0.2, 0) is 0 Å². The predicted molar refractivity (Wildman–Crippen MR) is 102 cm³/mol. The summed E-state index contributed by atoms with van der Waals surface area (Å²) in [6, 6.07) is 0. The lowest BCUT2D eigenvalue weighted by atomic mass is 9.72. The minimum absolute atomic E-state index is 0.0895. The highest BCUT2D eigenvalue weighted by molar-refractivity contribution is 5.79. The standard InChI is InChI=1S/C19H35F3N4O/c1-2-23-17(25-14-18(9-11-27)7-4-3-5-8-18)24-12-16-6-10-26(13-16)15-19(20,21)22/h16,27H,2-15H2,1H3,(H2,23,24,25). The van der Waals surface area contributed by atoms with Crippen LogP contribution in [0.5, 0.6) is 0 Å². The Balaban J connectivity index is 1.84. The summed E-state index contributed by atoms with van der Waals surface area (Å²) in [4.78, 5) is 6.24. The van der Waals surface area contributed by atoms with E-state index in [1.807, 2.05) is 6.92 Å². The first-order chi connectivity index (χ1) is 12.9. The monoisotopic (exact) mass is 392 g/mol. The number of likely N-dealkylation sites (tertiary alicyclic amines) is 1. The fourth-order valence-corrected chi connectivity index (χ4v) is 4.33. The molecule has 1 heterocycles. The minimum Gasteiger partial charge on any atom is -0.396 e. The van der Waals surface area contributed by atoms with E-state index in [1.54, 1.807) is 0 Å². The molecule has 8 heteroatoms. The van der Waals surface area contributed by atoms with Crippen LogP contribution in [-0.4, -0.2) is 68.0 Å². The van der Waals surface area contributed by atoms with Crippen LogP contribution in [0.15, 0.2) is 4.99 Å². The highest BCUT2D eigenvalue weighted by atomic mass is 19.4. The van der Waals surface area contributed by atoms with Gasteiger partial charge >= 0.3 is 6.18 Å². The minimum atomic E-state index is -4.13. The summed E-state index contributed by atoms with van der Waals surface area (Å²) in [7, 11) is 0. The van der Waals surface area contributed by atoms with Crippen LogP contribution >= 0.6 is 0 Å². The molecular formula is C19H35F3N4O. The number of nitrogens with one attached hydrogen (secondary N) is 2. The van der Waals surface area contributed by atoms with Gasteiger partial charge in [-0.05, 0) is 50.5 Å². The second-order valence-corrected chi connectivity index (χ2v) is 8.12. The van der Waals surface area contributed by atoms with Crippen molar-refractivity contribution in [2.75, 3.05) is 45.9 Å². The quantitative estimate of drug-likeness (QED) is 0.439. The molecule has 0 aromatic rings.